The van der Waals surface area contributed by atoms with Gasteiger partial charge in [-0.05, 0) is 32.4 Å². The lowest BCUT2D eigenvalue weighted by Crippen LogP contribution is -2.45. The molecule has 1 atom stereocenters. The number of thioether (sulfide) groups is 1. The van der Waals surface area contributed by atoms with Gasteiger partial charge < -0.3 is 10.6 Å². The van der Waals surface area contributed by atoms with Gasteiger partial charge in [0.2, 0.25) is 11.8 Å². The summed E-state index contributed by atoms with van der Waals surface area (Å²) in [5.41, 5.74) is 1.83. The Balaban J connectivity index is 1.89. The smallest absolute Gasteiger partial charge is 0.254 e. The summed E-state index contributed by atoms with van der Waals surface area (Å²) in [6.45, 7) is 6.24. The SMILES string of the molecule is CCCNC(=O)[C@H](C)NC(=O)CSC1=NCC(=O)N1c1ccc(C)cc1. The molecule has 0 fully saturated rings. The first-order valence-corrected chi connectivity index (χ1v) is 9.55. The van der Waals surface area contributed by atoms with Crippen LogP contribution in [0.15, 0.2) is 29.3 Å². The summed E-state index contributed by atoms with van der Waals surface area (Å²) >= 11 is 1.19. The number of anilines is 1. The van der Waals surface area contributed by atoms with Gasteiger partial charge in [-0.2, -0.15) is 0 Å². The molecule has 3 amide bonds. The highest BCUT2D eigenvalue weighted by molar-refractivity contribution is 8.14. The zero-order valence-electron chi connectivity index (χ0n) is 15.2. The number of hydrogen-bond acceptors (Lipinski definition) is 5. The summed E-state index contributed by atoms with van der Waals surface area (Å²) < 4.78 is 0. The van der Waals surface area contributed by atoms with E-state index in [1.807, 2.05) is 38.1 Å². The number of benzene rings is 1. The van der Waals surface area contributed by atoms with Gasteiger partial charge in [-0.15, -0.1) is 0 Å². The number of carbonyl (C=O) groups excluding carboxylic acids is 3. The molecule has 0 aromatic heterocycles. The van der Waals surface area contributed by atoms with E-state index in [2.05, 4.69) is 15.6 Å². The predicted octanol–water partition coefficient (Wildman–Crippen LogP) is 1.46. The predicted molar refractivity (Wildman–Crippen MR) is 104 cm³/mol. The second kappa shape index (κ2) is 9.38. The molecule has 7 nitrogen and oxygen atoms in total. The molecular weight excluding hydrogens is 352 g/mol. The van der Waals surface area contributed by atoms with E-state index in [1.165, 1.54) is 16.7 Å². The molecule has 0 aliphatic carbocycles. The van der Waals surface area contributed by atoms with Gasteiger partial charge in [-0.3, -0.25) is 24.3 Å². The molecule has 140 valence electrons. The molecule has 2 rings (SSSR count). The maximum atomic E-state index is 12.1. The molecule has 0 radical (unpaired) electrons. The van der Waals surface area contributed by atoms with Crippen molar-refractivity contribution < 1.29 is 14.4 Å². The maximum Gasteiger partial charge on any atom is 0.254 e. The first-order valence-electron chi connectivity index (χ1n) is 8.56. The Morgan fingerprint density at radius 2 is 2.00 bits per heavy atom. The van der Waals surface area contributed by atoms with Crippen molar-refractivity contribution in [3.8, 4) is 0 Å². The fourth-order valence-corrected chi connectivity index (χ4v) is 3.16. The molecule has 1 heterocycles. The summed E-state index contributed by atoms with van der Waals surface area (Å²) in [5.74, 6) is -0.524. The minimum atomic E-state index is -0.602. The maximum absolute atomic E-state index is 12.1. The van der Waals surface area contributed by atoms with Crippen molar-refractivity contribution in [1.29, 1.82) is 0 Å². The highest BCUT2D eigenvalue weighted by Crippen LogP contribution is 2.24. The lowest BCUT2D eigenvalue weighted by molar-refractivity contribution is -0.127. The third kappa shape index (κ3) is 5.32. The van der Waals surface area contributed by atoms with Gasteiger partial charge in [0.05, 0.1) is 11.4 Å². The van der Waals surface area contributed by atoms with Gasteiger partial charge in [0.1, 0.15) is 12.6 Å². The lowest BCUT2D eigenvalue weighted by atomic mass is 10.2. The van der Waals surface area contributed by atoms with Crippen molar-refractivity contribution in [2.45, 2.75) is 33.2 Å². The third-order valence-corrected chi connectivity index (χ3v) is 4.71. The molecule has 2 N–H and O–H groups in total. The normalized spacial score (nSPS) is 14.8. The third-order valence-electron chi connectivity index (χ3n) is 3.73. The summed E-state index contributed by atoms with van der Waals surface area (Å²) in [6, 6.07) is 6.96. The summed E-state index contributed by atoms with van der Waals surface area (Å²) in [7, 11) is 0. The minimum Gasteiger partial charge on any atom is -0.354 e. The van der Waals surface area contributed by atoms with E-state index >= 15 is 0 Å². The van der Waals surface area contributed by atoms with Crippen LogP contribution in [-0.2, 0) is 14.4 Å². The number of nitrogens with one attached hydrogen (secondary N) is 2. The molecule has 1 aliphatic rings. The van der Waals surface area contributed by atoms with E-state index in [1.54, 1.807) is 6.92 Å². The minimum absolute atomic E-state index is 0.0770. The average Bonchev–Trinajstić information content (AvgIpc) is 2.99. The van der Waals surface area contributed by atoms with Crippen molar-refractivity contribution in [2.75, 3.05) is 23.7 Å². The largest absolute Gasteiger partial charge is 0.354 e. The quantitative estimate of drug-likeness (QED) is 0.754. The topological polar surface area (TPSA) is 90.9 Å². The van der Waals surface area contributed by atoms with Gasteiger partial charge in [-0.25, -0.2) is 0 Å². The van der Waals surface area contributed by atoms with Gasteiger partial charge in [-0.1, -0.05) is 36.4 Å². The van der Waals surface area contributed by atoms with Crippen LogP contribution in [0.3, 0.4) is 0 Å². The standard InChI is InChI=1S/C18H24N4O3S/c1-4-9-19-17(25)13(3)21-15(23)11-26-18-20-10-16(24)22(18)14-7-5-12(2)6-8-14/h5-8,13H,4,9-11H2,1-3H3,(H,19,25)(H,21,23)/t13-/m0/s1. The van der Waals surface area contributed by atoms with Crippen LogP contribution < -0.4 is 15.5 Å². The number of aryl methyl sites for hydroxylation is 1. The van der Waals surface area contributed by atoms with E-state index in [-0.39, 0.29) is 30.0 Å². The summed E-state index contributed by atoms with van der Waals surface area (Å²) in [6.07, 6.45) is 0.838. The highest BCUT2D eigenvalue weighted by atomic mass is 32.2. The van der Waals surface area contributed by atoms with E-state index < -0.39 is 6.04 Å². The van der Waals surface area contributed by atoms with Crippen molar-refractivity contribution in [3.05, 3.63) is 29.8 Å². The number of rotatable bonds is 7. The van der Waals surface area contributed by atoms with Crippen LogP contribution in [0.25, 0.3) is 0 Å². The van der Waals surface area contributed by atoms with E-state index in [9.17, 15) is 14.4 Å². The number of amidine groups is 1. The van der Waals surface area contributed by atoms with Crippen LogP contribution in [0.4, 0.5) is 5.69 Å². The number of aliphatic imine (C=N–C) groups is 1. The summed E-state index contributed by atoms with van der Waals surface area (Å²) in [4.78, 5) is 41.8. The summed E-state index contributed by atoms with van der Waals surface area (Å²) in [5, 5.41) is 5.89. The number of amides is 3. The Kier molecular flexibility index (Phi) is 7.20. The van der Waals surface area contributed by atoms with E-state index in [0.29, 0.717) is 11.7 Å². The van der Waals surface area contributed by atoms with Gasteiger partial charge in [0.15, 0.2) is 5.17 Å². The van der Waals surface area contributed by atoms with Crippen LogP contribution in [0.2, 0.25) is 0 Å². The second-order valence-corrected chi connectivity index (χ2v) is 6.97. The monoisotopic (exact) mass is 376 g/mol. The average molecular weight is 376 g/mol. The van der Waals surface area contributed by atoms with Crippen LogP contribution in [-0.4, -0.2) is 47.8 Å². The van der Waals surface area contributed by atoms with Crippen LogP contribution in [0.1, 0.15) is 25.8 Å². The molecule has 8 heteroatoms. The van der Waals surface area contributed by atoms with Crippen LogP contribution >= 0.6 is 11.8 Å². The first-order chi connectivity index (χ1) is 12.4. The van der Waals surface area contributed by atoms with E-state index in [0.717, 1.165) is 17.7 Å². The second-order valence-electron chi connectivity index (χ2n) is 6.03. The number of carbonyl (C=O) groups is 3. The molecule has 26 heavy (non-hydrogen) atoms. The highest BCUT2D eigenvalue weighted by Gasteiger charge is 2.28. The van der Waals surface area contributed by atoms with Crippen molar-refractivity contribution in [3.63, 3.8) is 0 Å². The Labute approximate surface area is 157 Å². The molecule has 0 spiro atoms. The molecule has 0 saturated carbocycles. The van der Waals surface area contributed by atoms with Crippen molar-refractivity contribution in [1.82, 2.24) is 10.6 Å². The Morgan fingerprint density at radius 1 is 1.31 bits per heavy atom. The van der Waals surface area contributed by atoms with Crippen LogP contribution in [0, 0.1) is 6.92 Å². The fraction of sp³-hybridized carbons (Fsp3) is 0.444. The number of hydrogen-bond donors (Lipinski definition) is 2. The Hall–Kier alpha value is -2.35. The Bertz CT molecular complexity index is 703. The van der Waals surface area contributed by atoms with Crippen LogP contribution in [0.5, 0.6) is 0 Å². The fourth-order valence-electron chi connectivity index (χ4n) is 2.32. The molecule has 1 aromatic rings. The van der Waals surface area contributed by atoms with Gasteiger partial charge >= 0.3 is 0 Å². The van der Waals surface area contributed by atoms with Crippen molar-refractivity contribution >= 4 is 40.3 Å². The van der Waals surface area contributed by atoms with Gasteiger partial charge in [0, 0.05) is 6.54 Å². The van der Waals surface area contributed by atoms with E-state index in [4.69, 9.17) is 0 Å². The lowest BCUT2D eigenvalue weighted by Gasteiger charge is -2.18. The number of nitrogens with zero attached hydrogens (tertiary/aromatic N) is 2. The first kappa shape index (κ1) is 20.0. The molecule has 0 bridgehead atoms. The molecular formula is C18H24N4O3S. The Morgan fingerprint density at radius 3 is 2.65 bits per heavy atom. The molecule has 1 aliphatic heterocycles. The van der Waals surface area contributed by atoms with Crippen molar-refractivity contribution in [2.24, 2.45) is 4.99 Å². The van der Waals surface area contributed by atoms with Gasteiger partial charge in [0.25, 0.3) is 5.91 Å². The zero-order chi connectivity index (χ0) is 19.1. The molecule has 0 unspecified atom stereocenters. The molecule has 1 aromatic carbocycles. The zero-order valence-corrected chi connectivity index (χ0v) is 16.1. The molecule has 0 saturated heterocycles.